The predicted molar refractivity (Wildman–Crippen MR) is 268 cm³/mol. The van der Waals surface area contributed by atoms with Crippen LogP contribution in [0.3, 0.4) is 0 Å². The van der Waals surface area contributed by atoms with Gasteiger partial charge in [-0.25, -0.2) is 38.6 Å². The van der Waals surface area contributed by atoms with Gasteiger partial charge in [-0.2, -0.15) is 0 Å². The third-order valence-corrected chi connectivity index (χ3v) is 7.88. The molecule has 0 unspecified atom stereocenters. The van der Waals surface area contributed by atoms with Crippen LogP contribution in [-0.2, 0) is 28.4 Å². The van der Waals surface area contributed by atoms with Gasteiger partial charge in [0.25, 0.3) is 0 Å². The number of hydrogen-bond acceptors (Lipinski definition) is 13. The SMILES string of the molecule is CC(C)(C)OC(=O)/N=C(/NCCCCCCCCN(C(=O)OC(C)(C)C)/C(=N\C(=O)OC(C)(C)C)N(CC#Cc1ccc(C(=N)NC(=O)OC(C)(C)C)cc1)C(=O)OC(C)(C)C)NC(=O)OC(C)(C)C. The van der Waals surface area contributed by atoms with E-state index in [9.17, 15) is 28.8 Å². The fourth-order valence-corrected chi connectivity index (χ4v) is 5.37. The number of ether oxygens (including phenoxy) is 6. The largest absolute Gasteiger partial charge is 0.444 e. The minimum atomic E-state index is -1.08. The first-order chi connectivity index (χ1) is 31.8. The maximum atomic E-state index is 14.1. The first-order valence-corrected chi connectivity index (χ1v) is 23.4. The average Bonchev–Trinajstić information content (AvgIpc) is 3.12. The minimum Gasteiger partial charge on any atom is -0.444 e. The van der Waals surface area contributed by atoms with E-state index in [1.54, 1.807) is 149 Å². The van der Waals surface area contributed by atoms with Gasteiger partial charge in [0.05, 0.1) is 6.54 Å². The Bertz CT molecular complexity index is 2080. The van der Waals surface area contributed by atoms with Crippen molar-refractivity contribution < 1.29 is 57.2 Å². The Balaban J connectivity index is 3.41. The van der Waals surface area contributed by atoms with E-state index < -0.39 is 82.7 Å². The first-order valence-electron chi connectivity index (χ1n) is 23.4. The highest BCUT2D eigenvalue weighted by molar-refractivity contribution is 6.06. The number of amidine groups is 1. The molecule has 0 heterocycles. The number of aliphatic imine (C=N–C) groups is 2. The Hall–Kier alpha value is -6.39. The van der Waals surface area contributed by atoms with Crippen molar-refractivity contribution in [2.75, 3.05) is 19.6 Å². The molecule has 0 spiro atoms. The van der Waals surface area contributed by atoms with Crippen LogP contribution < -0.4 is 16.0 Å². The smallest absolute Gasteiger partial charge is 0.437 e. The van der Waals surface area contributed by atoms with Gasteiger partial charge in [-0.1, -0.05) is 49.7 Å². The van der Waals surface area contributed by atoms with Crippen LogP contribution in [0.1, 0.15) is 174 Å². The van der Waals surface area contributed by atoms with Gasteiger partial charge >= 0.3 is 36.6 Å². The normalized spacial score (nSPS) is 12.5. The number of hydrogen-bond donors (Lipinski definition) is 4. The highest BCUT2D eigenvalue weighted by atomic mass is 16.6. The third kappa shape index (κ3) is 29.5. The lowest BCUT2D eigenvalue weighted by Crippen LogP contribution is -2.53. The van der Waals surface area contributed by atoms with Crippen LogP contribution in [0.15, 0.2) is 34.3 Å². The highest BCUT2D eigenvalue weighted by Crippen LogP contribution is 2.19. The summed E-state index contributed by atoms with van der Waals surface area (Å²) in [7, 11) is 0. The number of nitrogens with one attached hydrogen (secondary N) is 4. The molecule has 0 radical (unpaired) electrons. The zero-order valence-corrected chi connectivity index (χ0v) is 44.9. The quantitative estimate of drug-likeness (QED) is 0.0530. The molecule has 0 saturated heterocycles. The van der Waals surface area contributed by atoms with E-state index in [0.29, 0.717) is 36.9 Å². The number of rotatable bonds is 11. The molecule has 0 saturated carbocycles. The Morgan fingerprint density at radius 1 is 0.529 bits per heavy atom. The number of nitrogens with zero attached hydrogens (tertiary/aromatic N) is 4. The number of amides is 6. The van der Waals surface area contributed by atoms with Crippen molar-refractivity contribution in [3.05, 3.63) is 35.4 Å². The number of benzene rings is 1. The molecule has 1 rings (SSSR count). The van der Waals surface area contributed by atoms with Crippen molar-refractivity contribution in [3.63, 3.8) is 0 Å². The first kappa shape index (κ1) is 61.6. The summed E-state index contributed by atoms with van der Waals surface area (Å²) in [6.07, 6.45) is -1.46. The van der Waals surface area contributed by atoms with Crippen molar-refractivity contribution in [3.8, 4) is 11.8 Å². The zero-order valence-electron chi connectivity index (χ0n) is 44.9. The van der Waals surface area contributed by atoms with Gasteiger partial charge in [0, 0.05) is 24.2 Å². The highest BCUT2D eigenvalue weighted by Gasteiger charge is 2.35. The second kappa shape index (κ2) is 26.6. The molecule has 1 aromatic rings. The summed E-state index contributed by atoms with van der Waals surface area (Å²) in [5, 5.41) is 16.1. The van der Waals surface area contributed by atoms with Crippen LogP contribution in [0.25, 0.3) is 0 Å². The Kier molecular flexibility index (Phi) is 23.4. The molecular weight excluding hydrogens is 905 g/mol. The molecule has 20 heteroatoms. The maximum absolute atomic E-state index is 14.1. The van der Waals surface area contributed by atoms with Crippen molar-refractivity contribution in [1.82, 2.24) is 25.8 Å². The maximum Gasteiger partial charge on any atom is 0.437 e. The topological polar surface area (TPSA) is 249 Å². The summed E-state index contributed by atoms with van der Waals surface area (Å²) in [6, 6.07) is 6.40. The lowest BCUT2D eigenvalue weighted by molar-refractivity contribution is 0.0282. The lowest BCUT2D eigenvalue weighted by atomic mass is 10.1. The number of alkyl carbamates (subject to hydrolysis) is 2. The molecule has 20 nitrogen and oxygen atoms in total. The van der Waals surface area contributed by atoms with E-state index in [4.69, 9.17) is 33.8 Å². The van der Waals surface area contributed by atoms with E-state index in [-0.39, 0.29) is 18.3 Å². The minimum absolute atomic E-state index is 0.0313. The van der Waals surface area contributed by atoms with Gasteiger partial charge in [0.15, 0.2) is 0 Å². The molecule has 0 aliphatic rings. The van der Waals surface area contributed by atoms with Crippen LogP contribution in [0, 0.1) is 17.3 Å². The fraction of sp³-hybridized carbons (Fsp3) is 0.660. The molecular formula is C50H80N8O12. The Labute approximate surface area is 415 Å². The van der Waals surface area contributed by atoms with E-state index in [1.165, 1.54) is 0 Å². The number of unbranched alkanes of at least 4 members (excludes halogenated alkanes) is 5. The molecule has 0 aromatic heterocycles. The molecule has 6 amide bonds. The molecule has 0 fully saturated rings. The summed E-state index contributed by atoms with van der Waals surface area (Å²) in [6.45, 7) is 30.3. The van der Waals surface area contributed by atoms with Gasteiger partial charge < -0.3 is 33.7 Å². The molecule has 4 N–H and O–H groups in total. The van der Waals surface area contributed by atoms with Crippen molar-refractivity contribution in [2.24, 2.45) is 9.98 Å². The van der Waals surface area contributed by atoms with Crippen molar-refractivity contribution in [1.29, 1.82) is 5.41 Å². The fourth-order valence-electron chi connectivity index (χ4n) is 5.37. The van der Waals surface area contributed by atoms with Crippen LogP contribution in [-0.4, -0.2) is 117 Å². The number of carbonyl (C=O) groups is 6. The Morgan fingerprint density at radius 3 is 1.41 bits per heavy atom. The summed E-state index contributed by atoms with van der Waals surface area (Å²) in [4.78, 5) is 88.9. The second-order valence-electron chi connectivity index (χ2n) is 22.1. The second-order valence-corrected chi connectivity index (χ2v) is 22.1. The molecule has 0 aliphatic carbocycles. The summed E-state index contributed by atoms with van der Waals surface area (Å²) in [5.74, 6) is 5.17. The van der Waals surface area contributed by atoms with Crippen LogP contribution in [0.4, 0.5) is 28.8 Å². The molecule has 0 bridgehead atoms. The summed E-state index contributed by atoms with van der Waals surface area (Å²) < 4.78 is 32.9. The van der Waals surface area contributed by atoms with Crippen molar-refractivity contribution >= 4 is 54.3 Å². The number of carbonyl (C=O) groups excluding carboxylic acids is 6. The van der Waals surface area contributed by atoms with Crippen LogP contribution in [0.5, 0.6) is 0 Å². The van der Waals surface area contributed by atoms with Crippen molar-refractivity contribution in [2.45, 2.75) is 197 Å². The van der Waals surface area contributed by atoms with E-state index in [2.05, 4.69) is 37.8 Å². The molecule has 392 valence electrons. The van der Waals surface area contributed by atoms with Gasteiger partial charge in [-0.05, 0) is 150 Å². The molecule has 70 heavy (non-hydrogen) atoms. The summed E-state index contributed by atoms with van der Waals surface area (Å²) in [5.41, 5.74) is -4.44. The predicted octanol–water partition coefficient (Wildman–Crippen LogP) is 10.4. The van der Waals surface area contributed by atoms with Crippen LogP contribution in [0.2, 0.25) is 0 Å². The van der Waals surface area contributed by atoms with E-state index in [0.717, 1.165) is 29.1 Å². The summed E-state index contributed by atoms with van der Waals surface area (Å²) >= 11 is 0. The van der Waals surface area contributed by atoms with E-state index >= 15 is 0 Å². The zero-order chi connectivity index (χ0) is 53.9. The number of guanidine groups is 2. The van der Waals surface area contributed by atoms with Gasteiger partial charge in [-0.15, -0.1) is 9.98 Å². The van der Waals surface area contributed by atoms with E-state index in [1.807, 2.05) is 0 Å². The average molecular weight is 985 g/mol. The molecule has 0 atom stereocenters. The standard InChI is InChI=1S/C50H80N8O12/c1-45(2,3)65-39(59)53-36(51)35-29-27-34(28-30-35)26-25-33-58(44(64)70-50(16,17)18)38(56-42(62)68-48(10,11)12)57(43(63)69-49(13,14)15)32-24-22-20-19-21-23-31-52-37(54-40(60)66-46(4,5)6)55-41(61)67-47(7,8)9/h27-30H,19-24,31-33H2,1-18H3,(H2,51,53,59)(H2,52,54,55,60,61)/b56-38+. The lowest BCUT2D eigenvalue weighted by Gasteiger charge is -2.33. The van der Waals surface area contributed by atoms with Gasteiger partial charge in [-0.3, -0.25) is 16.0 Å². The van der Waals surface area contributed by atoms with Crippen LogP contribution >= 0.6 is 0 Å². The monoisotopic (exact) mass is 985 g/mol. The molecule has 1 aromatic carbocycles. The molecule has 0 aliphatic heterocycles. The third-order valence-electron chi connectivity index (χ3n) is 7.88. The Morgan fingerprint density at radius 2 is 0.943 bits per heavy atom. The van der Waals surface area contributed by atoms with Gasteiger partial charge in [0.1, 0.15) is 39.4 Å². The van der Waals surface area contributed by atoms with Gasteiger partial charge in [0.2, 0.25) is 11.9 Å².